The molecule has 10 heteroatoms. The Kier molecular flexibility index (Phi) is 5.05. The molecule has 1 saturated heterocycles. The van der Waals surface area contributed by atoms with E-state index in [4.69, 9.17) is 4.42 Å². The Bertz CT molecular complexity index is 1050. The van der Waals surface area contributed by atoms with Crippen LogP contribution < -0.4 is 10.6 Å². The average molecular weight is 424 g/mol. The van der Waals surface area contributed by atoms with Crippen molar-refractivity contribution in [2.75, 3.05) is 18.4 Å². The molecule has 1 atom stereocenters. The molecule has 1 fully saturated rings. The lowest BCUT2D eigenvalue weighted by Gasteiger charge is -2.37. The van der Waals surface area contributed by atoms with E-state index in [9.17, 15) is 22.7 Å². The number of alkyl halides is 3. The molecule has 1 aliphatic heterocycles. The molecule has 30 heavy (non-hydrogen) atoms. The number of phenols is 1. The van der Waals surface area contributed by atoms with Crippen LogP contribution in [0.1, 0.15) is 31.7 Å². The van der Waals surface area contributed by atoms with Crippen LogP contribution in [0.25, 0.3) is 22.5 Å². The zero-order valence-electron chi connectivity index (χ0n) is 16.1. The summed E-state index contributed by atoms with van der Waals surface area (Å²) in [6.07, 6.45) is -1.97. The normalized spacial score (nSPS) is 19.9. The second kappa shape index (κ2) is 7.42. The smallest absolute Gasteiger partial charge is 0.416 e. The van der Waals surface area contributed by atoms with Gasteiger partial charge in [-0.2, -0.15) is 18.2 Å². The minimum Gasteiger partial charge on any atom is -0.507 e. The number of nitrogens with zero attached hydrogens (tertiary/aromatic N) is 2. The molecule has 0 unspecified atom stereocenters. The highest BCUT2D eigenvalue weighted by atomic mass is 19.4. The van der Waals surface area contributed by atoms with Crippen molar-refractivity contribution in [1.29, 1.82) is 0 Å². The summed E-state index contributed by atoms with van der Waals surface area (Å²) in [6, 6.07) is 3.92. The third-order valence-corrected chi connectivity index (χ3v) is 5.43. The van der Waals surface area contributed by atoms with Crippen LogP contribution in [0.3, 0.4) is 0 Å². The van der Waals surface area contributed by atoms with E-state index in [1.807, 2.05) is 0 Å². The summed E-state index contributed by atoms with van der Waals surface area (Å²) < 4.78 is 58.5. The molecular formula is C20H20F4N4O2. The largest absolute Gasteiger partial charge is 0.507 e. The third kappa shape index (κ3) is 3.79. The van der Waals surface area contributed by atoms with Crippen molar-refractivity contribution < 1.29 is 27.1 Å². The first kappa shape index (κ1) is 20.4. The van der Waals surface area contributed by atoms with Crippen LogP contribution in [0.4, 0.5) is 23.6 Å². The molecule has 0 spiro atoms. The number of oxazole rings is 1. The number of pyridine rings is 1. The van der Waals surface area contributed by atoms with Gasteiger partial charge in [0.05, 0.1) is 22.4 Å². The van der Waals surface area contributed by atoms with Gasteiger partial charge < -0.3 is 20.2 Å². The number of aromatic nitrogens is 2. The number of nitrogens with one attached hydrogen (secondary N) is 2. The third-order valence-electron chi connectivity index (χ3n) is 5.43. The standard InChI is InChI=1S/C20H20F4N4O2/c1-2-19(6-3-7-25-10-19)28-18-27-17-15(30-18)5-4-13(26-17)16-12(21)8-11(9-14(16)29)20(22,23)24/h4-5,8-9,25,29H,2-3,6-7,10H2,1H3,(H,26,27,28)/t19-/m1/s1. The highest BCUT2D eigenvalue weighted by Crippen LogP contribution is 2.38. The first-order chi connectivity index (χ1) is 14.2. The lowest BCUT2D eigenvalue weighted by molar-refractivity contribution is -0.137. The van der Waals surface area contributed by atoms with E-state index >= 15 is 0 Å². The van der Waals surface area contributed by atoms with Gasteiger partial charge in [-0.05, 0) is 50.1 Å². The molecule has 0 aliphatic carbocycles. The van der Waals surface area contributed by atoms with E-state index in [0.717, 1.165) is 32.4 Å². The molecule has 4 rings (SSSR count). The van der Waals surface area contributed by atoms with Gasteiger partial charge in [0.15, 0.2) is 5.58 Å². The maximum Gasteiger partial charge on any atom is 0.416 e. The second-order valence-corrected chi connectivity index (χ2v) is 7.43. The molecule has 1 aromatic carbocycles. The Labute approximate surface area is 169 Å². The van der Waals surface area contributed by atoms with Crippen LogP contribution >= 0.6 is 0 Å². The maximum absolute atomic E-state index is 14.4. The molecule has 2 aromatic heterocycles. The number of piperidine rings is 1. The summed E-state index contributed by atoms with van der Waals surface area (Å²) in [5, 5.41) is 16.7. The van der Waals surface area contributed by atoms with Crippen LogP contribution in [0, 0.1) is 5.82 Å². The SMILES string of the molecule is CC[C@@]1(Nc2nc3nc(-c4c(O)cc(C(F)(F)F)cc4F)ccc3o2)CCCNC1. The van der Waals surface area contributed by atoms with Crippen molar-refractivity contribution in [3.63, 3.8) is 0 Å². The number of halogens is 4. The summed E-state index contributed by atoms with van der Waals surface area (Å²) in [5.41, 5.74) is -1.47. The molecule has 160 valence electrons. The van der Waals surface area contributed by atoms with Crippen molar-refractivity contribution >= 4 is 17.2 Å². The van der Waals surface area contributed by atoms with Gasteiger partial charge in [-0.3, -0.25) is 0 Å². The Morgan fingerprint density at radius 2 is 2.07 bits per heavy atom. The van der Waals surface area contributed by atoms with Gasteiger partial charge in [-0.15, -0.1) is 0 Å². The molecule has 0 bridgehead atoms. The van der Waals surface area contributed by atoms with Crippen molar-refractivity contribution in [2.24, 2.45) is 0 Å². The van der Waals surface area contributed by atoms with Crippen LogP contribution in [0.5, 0.6) is 5.75 Å². The Hall–Kier alpha value is -2.88. The first-order valence-corrected chi connectivity index (χ1v) is 9.57. The van der Waals surface area contributed by atoms with E-state index in [1.54, 1.807) is 0 Å². The minimum atomic E-state index is -4.77. The Balaban J connectivity index is 1.68. The van der Waals surface area contributed by atoms with Crippen LogP contribution in [-0.2, 0) is 6.18 Å². The number of hydrogen-bond donors (Lipinski definition) is 3. The number of phenolic OH excluding ortho intramolecular Hbond substituents is 1. The molecule has 3 N–H and O–H groups in total. The van der Waals surface area contributed by atoms with Crippen LogP contribution in [-0.4, -0.2) is 33.7 Å². The van der Waals surface area contributed by atoms with E-state index < -0.39 is 28.9 Å². The minimum absolute atomic E-state index is 0.0457. The molecule has 0 saturated carbocycles. The fourth-order valence-electron chi connectivity index (χ4n) is 3.71. The highest BCUT2D eigenvalue weighted by Gasteiger charge is 2.33. The Morgan fingerprint density at radius 1 is 1.27 bits per heavy atom. The van der Waals surface area contributed by atoms with Gasteiger partial charge in [0.2, 0.25) is 5.65 Å². The molecule has 6 nitrogen and oxygen atoms in total. The number of hydrogen-bond acceptors (Lipinski definition) is 6. The quantitative estimate of drug-likeness (QED) is 0.527. The highest BCUT2D eigenvalue weighted by molar-refractivity contribution is 5.77. The summed E-state index contributed by atoms with van der Waals surface area (Å²) in [5.74, 6) is -2.08. The number of aromatic hydroxyl groups is 1. The zero-order valence-corrected chi connectivity index (χ0v) is 16.1. The summed E-state index contributed by atoms with van der Waals surface area (Å²) in [4.78, 5) is 8.48. The lowest BCUT2D eigenvalue weighted by atomic mass is 9.88. The predicted octanol–water partition coefficient (Wildman–Crippen LogP) is 4.70. The number of benzene rings is 1. The topological polar surface area (TPSA) is 83.2 Å². The maximum atomic E-state index is 14.4. The molecule has 1 aliphatic rings. The first-order valence-electron chi connectivity index (χ1n) is 9.57. The molecule has 0 radical (unpaired) electrons. The van der Waals surface area contributed by atoms with Gasteiger partial charge in [0.25, 0.3) is 6.01 Å². The van der Waals surface area contributed by atoms with E-state index in [0.29, 0.717) is 17.7 Å². The van der Waals surface area contributed by atoms with Crippen molar-refractivity contribution in [3.8, 4) is 17.0 Å². The van der Waals surface area contributed by atoms with Crippen molar-refractivity contribution in [1.82, 2.24) is 15.3 Å². The lowest BCUT2D eigenvalue weighted by Crippen LogP contribution is -2.50. The second-order valence-electron chi connectivity index (χ2n) is 7.43. The molecule has 3 heterocycles. The summed E-state index contributed by atoms with van der Waals surface area (Å²) in [6.45, 7) is 3.77. The number of fused-ring (bicyclic) bond motifs is 1. The Morgan fingerprint density at radius 3 is 2.70 bits per heavy atom. The van der Waals surface area contributed by atoms with Gasteiger partial charge in [-0.25, -0.2) is 9.37 Å². The van der Waals surface area contributed by atoms with E-state index in [-0.39, 0.29) is 22.9 Å². The zero-order chi connectivity index (χ0) is 21.5. The fraction of sp³-hybridized carbons (Fsp3) is 0.400. The van der Waals surface area contributed by atoms with E-state index in [2.05, 4.69) is 27.5 Å². The molecule has 0 amide bonds. The van der Waals surface area contributed by atoms with Gasteiger partial charge >= 0.3 is 6.18 Å². The molecule has 3 aromatic rings. The summed E-state index contributed by atoms with van der Waals surface area (Å²) >= 11 is 0. The average Bonchev–Trinajstić information content (AvgIpc) is 3.08. The predicted molar refractivity (Wildman–Crippen MR) is 103 cm³/mol. The van der Waals surface area contributed by atoms with Crippen molar-refractivity contribution in [2.45, 2.75) is 37.9 Å². The summed E-state index contributed by atoms with van der Waals surface area (Å²) in [7, 11) is 0. The fourth-order valence-corrected chi connectivity index (χ4v) is 3.71. The van der Waals surface area contributed by atoms with Gasteiger partial charge in [-0.1, -0.05) is 6.92 Å². The van der Waals surface area contributed by atoms with E-state index in [1.165, 1.54) is 12.1 Å². The van der Waals surface area contributed by atoms with Crippen LogP contribution in [0.15, 0.2) is 28.7 Å². The number of rotatable bonds is 4. The van der Waals surface area contributed by atoms with Gasteiger partial charge in [0, 0.05) is 6.54 Å². The molecular weight excluding hydrogens is 404 g/mol. The van der Waals surface area contributed by atoms with Gasteiger partial charge in [0.1, 0.15) is 11.6 Å². The monoisotopic (exact) mass is 424 g/mol. The number of anilines is 1. The van der Waals surface area contributed by atoms with Crippen LogP contribution in [0.2, 0.25) is 0 Å². The van der Waals surface area contributed by atoms with Crippen molar-refractivity contribution in [3.05, 3.63) is 35.6 Å².